The quantitative estimate of drug-likeness (QED) is 0.597. The summed E-state index contributed by atoms with van der Waals surface area (Å²) in [5.74, 6) is -1.36. The molecule has 2 N–H and O–H groups in total. The smallest absolute Gasteiger partial charge is 0.308 e. The Bertz CT molecular complexity index is 336. The molecule has 2 unspecified atom stereocenters. The molecule has 1 rings (SSSR count). The normalized spacial score (nSPS) is 25.3. The lowest BCUT2D eigenvalue weighted by Gasteiger charge is -2.23. The number of aliphatic carboxylic acids is 1. The molecule has 1 amide bonds. The van der Waals surface area contributed by atoms with Crippen molar-refractivity contribution in [1.82, 2.24) is 5.32 Å². The third kappa shape index (κ3) is 4.17. The van der Waals surface area contributed by atoms with Gasteiger partial charge < -0.3 is 10.4 Å². The zero-order valence-corrected chi connectivity index (χ0v) is 11.2. The molecule has 0 radical (unpaired) electrons. The topological polar surface area (TPSA) is 66.4 Å². The molecule has 0 heterocycles. The van der Waals surface area contributed by atoms with Crippen molar-refractivity contribution in [2.24, 2.45) is 5.92 Å². The van der Waals surface area contributed by atoms with Crippen LogP contribution in [0.25, 0.3) is 0 Å². The standard InChI is InChI=1S/C14H23NO3/c1-3-7-10(2)13(16)15-12-9-6-4-5-8-11(12)14(17)18/h7,11-12H,3-6,8-9H2,1-2H3,(H,15,16)(H,17,18). The average Bonchev–Trinajstić information content (AvgIpc) is 2.54. The molecule has 4 heteroatoms. The van der Waals surface area contributed by atoms with Gasteiger partial charge in [0, 0.05) is 11.6 Å². The van der Waals surface area contributed by atoms with Crippen LogP contribution in [0.3, 0.4) is 0 Å². The molecule has 2 atom stereocenters. The van der Waals surface area contributed by atoms with Gasteiger partial charge in [-0.05, 0) is 26.2 Å². The molecule has 1 aliphatic carbocycles. The summed E-state index contributed by atoms with van der Waals surface area (Å²) in [5.41, 5.74) is 0.672. The second-order valence-corrected chi connectivity index (χ2v) is 4.96. The predicted molar refractivity (Wildman–Crippen MR) is 70.2 cm³/mol. The van der Waals surface area contributed by atoms with Crippen molar-refractivity contribution >= 4 is 11.9 Å². The fourth-order valence-corrected chi connectivity index (χ4v) is 2.46. The van der Waals surface area contributed by atoms with Crippen LogP contribution in [0.4, 0.5) is 0 Å². The van der Waals surface area contributed by atoms with Gasteiger partial charge in [-0.15, -0.1) is 0 Å². The minimum atomic E-state index is -0.792. The minimum Gasteiger partial charge on any atom is -0.481 e. The van der Waals surface area contributed by atoms with Gasteiger partial charge in [-0.3, -0.25) is 9.59 Å². The van der Waals surface area contributed by atoms with E-state index in [4.69, 9.17) is 0 Å². The van der Waals surface area contributed by atoms with E-state index in [1.807, 2.05) is 13.0 Å². The number of carbonyl (C=O) groups excluding carboxylic acids is 1. The highest BCUT2D eigenvalue weighted by Gasteiger charge is 2.30. The Morgan fingerprint density at radius 1 is 1.28 bits per heavy atom. The van der Waals surface area contributed by atoms with E-state index in [9.17, 15) is 14.7 Å². The van der Waals surface area contributed by atoms with Crippen LogP contribution in [0.15, 0.2) is 11.6 Å². The van der Waals surface area contributed by atoms with Gasteiger partial charge >= 0.3 is 5.97 Å². The van der Waals surface area contributed by atoms with Crippen molar-refractivity contribution in [1.29, 1.82) is 0 Å². The monoisotopic (exact) mass is 253 g/mol. The summed E-state index contributed by atoms with van der Waals surface area (Å²) in [6, 6.07) is -0.224. The average molecular weight is 253 g/mol. The van der Waals surface area contributed by atoms with Crippen molar-refractivity contribution in [3.05, 3.63) is 11.6 Å². The highest BCUT2D eigenvalue weighted by molar-refractivity contribution is 5.93. The predicted octanol–water partition coefficient (Wildman–Crippen LogP) is 2.49. The molecule has 0 bridgehead atoms. The SMILES string of the molecule is CCC=C(C)C(=O)NC1CCCCCC1C(=O)O. The van der Waals surface area contributed by atoms with Crippen LogP contribution in [0.2, 0.25) is 0 Å². The van der Waals surface area contributed by atoms with Crippen molar-refractivity contribution in [2.75, 3.05) is 0 Å². The van der Waals surface area contributed by atoms with Gasteiger partial charge in [0.15, 0.2) is 0 Å². The summed E-state index contributed by atoms with van der Waals surface area (Å²) in [7, 11) is 0. The lowest BCUT2D eigenvalue weighted by Crippen LogP contribution is -2.43. The summed E-state index contributed by atoms with van der Waals surface area (Å²) in [4.78, 5) is 23.1. The summed E-state index contributed by atoms with van der Waals surface area (Å²) in [5, 5.41) is 12.1. The largest absolute Gasteiger partial charge is 0.481 e. The Morgan fingerprint density at radius 3 is 2.56 bits per heavy atom. The zero-order valence-electron chi connectivity index (χ0n) is 11.2. The highest BCUT2D eigenvalue weighted by Crippen LogP contribution is 2.24. The fourth-order valence-electron chi connectivity index (χ4n) is 2.46. The number of hydrogen-bond acceptors (Lipinski definition) is 2. The molecule has 0 aliphatic heterocycles. The minimum absolute atomic E-state index is 0.130. The highest BCUT2D eigenvalue weighted by atomic mass is 16.4. The maximum Gasteiger partial charge on any atom is 0.308 e. The van der Waals surface area contributed by atoms with Gasteiger partial charge in [0.1, 0.15) is 0 Å². The second-order valence-electron chi connectivity index (χ2n) is 4.96. The van der Waals surface area contributed by atoms with Crippen LogP contribution in [-0.2, 0) is 9.59 Å². The molecule has 1 saturated carbocycles. The summed E-state index contributed by atoms with van der Waals surface area (Å²) in [6.45, 7) is 3.74. The van der Waals surface area contributed by atoms with E-state index in [2.05, 4.69) is 5.32 Å². The van der Waals surface area contributed by atoms with Gasteiger partial charge in [-0.1, -0.05) is 32.3 Å². The summed E-state index contributed by atoms with van der Waals surface area (Å²) < 4.78 is 0. The molecule has 0 spiro atoms. The van der Waals surface area contributed by atoms with Crippen LogP contribution in [0.5, 0.6) is 0 Å². The van der Waals surface area contributed by atoms with E-state index in [1.54, 1.807) is 6.92 Å². The zero-order chi connectivity index (χ0) is 13.5. The molecule has 0 saturated heterocycles. The first-order valence-electron chi connectivity index (χ1n) is 6.76. The lowest BCUT2D eigenvalue weighted by atomic mass is 9.94. The molecule has 1 aliphatic rings. The van der Waals surface area contributed by atoms with Crippen LogP contribution in [0.1, 0.15) is 52.4 Å². The molecule has 0 aromatic heterocycles. The van der Waals surface area contributed by atoms with Crippen molar-refractivity contribution < 1.29 is 14.7 Å². The van der Waals surface area contributed by atoms with Crippen LogP contribution in [-0.4, -0.2) is 23.0 Å². The van der Waals surface area contributed by atoms with E-state index in [0.717, 1.165) is 32.1 Å². The molecular weight excluding hydrogens is 230 g/mol. The summed E-state index contributed by atoms with van der Waals surface area (Å²) in [6.07, 6.45) is 7.09. The Kier molecular flexibility index (Phi) is 5.89. The second kappa shape index (κ2) is 7.19. The van der Waals surface area contributed by atoms with Crippen molar-refractivity contribution in [2.45, 2.75) is 58.4 Å². The van der Waals surface area contributed by atoms with E-state index in [-0.39, 0.29) is 11.9 Å². The number of hydrogen-bond donors (Lipinski definition) is 2. The number of nitrogens with one attached hydrogen (secondary N) is 1. The van der Waals surface area contributed by atoms with Gasteiger partial charge in [-0.2, -0.15) is 0 Å². The van der Waals surface area contributed by atoms with Gasteiger partial charge in [-0.25, -0.2) is 0 Å². The molecule has 18 heavy (non-hydrogen) atoms. The van der Waals surface area contributed by atoms with Crippen LogP contribution >= 0.6 is 0 Å². The summed E-state index contributed by atoms with van der Waals surface area (Å²) >= 11 is 0. The number of amides is 1. The fraction of sp³-hybridized carbons (Fsp3) is 0.714. The third-order valence-electron chi connectivity index (χ3n) is 3.52. The number of allylic oxidation sites excluding steroid dienone is 1. The third-order valence-corrected chi connectivity index (χ3v) is 3.52. The first-order valence-corrected chi connectivity index (χ1v) is 6.76. The Morgan fingerprint density at radius 2 is 1.94 bits per heavy atom. The Balaban J connectivity index is 2.69. The van der Waals surface area contributed by atoms with Gasteiger partial charge in [0.05, 0.1) is 5.92 Å². The molecule has 0 aromatic carbocycles. The van der Waals surface area contributed by atoms with E-state index >= 15 is 0 Å². The molecule has 1 fully saturated rings. The number of rotatable bonds is 4. The molecule has 0 aromatic rings. The van der Waals surface area contributed by atoms with E-state index in [1.165, 1.54) is 0 Å². The number of carbonyl (C=O) groups is 2. The van der Waals surface area contributed by atoms with Crippen LogP contribution in [0, 0.1) is 5.92 Å². The first kappa shape index (κ1) is 14.7. The van der Waals surface area contributed by atoms with Gasteiger partial charge in [0.2, 0.25) is 5.91 Å². The first-order chi connectivity index (χ1) is 8.56. The van der Waals surface area contributed by atoms with E-state index in [0.29, 0.717) is 12.0 Å². The number of carboxylic acid groups (broad SMARTS) is 1. The van der Waals surface area contributed by atoms with Crippen molar-refractivity contribution in [3.63, 3.8) is 0 Å². The Labute approximate surface area is 108 Å². The maximum atomic E-state index is 11.9. The van der Waals surface area contributed by atoms with Crippen molar-refractivity contribution in [3.8, 4) is 0 Å². The van der Waals surface area contributed by atoms with E-state index < -0.39 is 11.9 Å². The van der Waals surface area contributed by atoms with Crippen LogP contribution < -0.4 is 5.32 Å². The lowest BCUT2D eigenvalue weighted by molar-refractivity contribution is -0.143. The molecule has 102 valence electrons. The van der Waals surface area contributed by atoms with Gasteiger partial charge in [0.25, 0.3) is 0 Å². The maximum absolute atomic E-state index is 11.9. The number of carboxylic acids is 1. The molecule has 4 nitrogen and oxygen atoms in total. The molecular formula is C14H23NO3. The Hall–Kier alpha value is -1.32.